The van der Waals surface area contributed by atoms with E-state index >= 15 is 0 Å². The number of hydrogen-bond donors (Lipinski definition) is 0. The van der Waals surface area contributed by atoms with Crippen LogP contribution in [0, 0.1) is 11.8 Å². The van der Waals surface area contributed by atoms with E-state index in [4.69, 9.17) is 14.2 Å². The summed E-state index contributed by atoms with van der Waals surface area (Å²) in [6.07, 6.45) is 0.270. The zero-order valence-electron chi connectivity index (χ0n) is 12.6. The van der Waals surface area contributed by atoms with Crippen LogP contribution in [0.3, 0.4) is 0 Å². The molecule has 2 bridgehead atoms. The summed E-state index contributed by atoms with van der Waals surface area (Å²) in [5.41, 5.74) is -0.520. The standard InChI is InChI=1S/C17H16O6/c1-9(21-14(18)10-5-3-2-4-6-10)17-8-7-11(23-17)12-13(17)16(20)22-15(12)19/h2-6,9,11-13H,7-8H2,1H3/t9-,11+,12+,13-,17+/m1/s1. The van der Waals surface area contributed by atoms with E-state index in [1.807, 2.05) is 6.07 Å². The summed E-state index contributed by atoms with van der Waals surface area (Å²) in [7, 11) is 0. The molecular weight excluding hydrogens is 300 g/mol. The van der Waals surface area contributed by atoms with E-state index in [-0.39, 0.29) is 6.10 Å². The third kappa shape index (κ3) is 1.94. The van der Waals surface area contributed by atoms with E-state index < -0.39 is 41.4 Å². The van der Waals surface area contributed by atoms with Gasteiger partial charge in [0.25, 0.3) is 0 Å². The van der Waals surface area contributed by atoms with Crippen molar-refractivity contribution >= 4 is 17.9 Å². The number of benzene rings is 1. The van der Waals surface area contributed by atoms with Gasteiger partial charge in [-0.1, -0.05) is 18.2 Å². The van der Waals surface area contributed by atoms with Gasteiger partial charge in [-0.3, -0.25) is 9.59 Å². The molecule has 5 atom stereocenters. The van der Waals surface area contributed by atoms with Crippen LogP contribution in [-0.4, -0.2) is 35.7 Å². The van der Waals surface area contributed by atoms with Crippen molar-refractivity contribution in [2.75, 3.05) is 0 Å². The highest BCUT2D eigenvalue weighted by atomic mass is 16.6. The highest BCUT2D eigenvalue weighted by molar-refractivity contribution is 5.98. The van der Waals surface area contributed by atoms with Crippen molar-refractivity contribution in [3.8, 4) is 0 Å². The molecule has 1 aromatic carbocycles. The third-order valence-electron chi connectivity index (χ3n) is 5.19. The van der Waals surface area contributed by atoms with Crippen molar-refractivity contribution in [2.45, 2.75) is 37.6 Å². The lowest BCUT2D eigenvalue weighted by molar-refractivity contribution is -0.163. The number of hydrogen-bond acceptors (Lipinski definition) is 6. The minimum absolute atomic E-state index is 0.322. The number of fused-ring (bicyclic) bond motifs is 5. The lowest BCUT2D eigenvalue weighted by Crippen LogP contribution is -2.49. The summed E-state index contributed by atoms with van der Waals surface area (Å²) in [5, 5.41) is 0. The van der Waals surface area contributed by atoms with Crippen LogP contribution < -0.4 is 0 Å². The Labute approximate surface area is 132 Å². The molecule has 6 heteroatoms. The molecule has 3 aliphatic rings. The Morgan fingerprint density at radius 1 is 1.26 bits per heavy atom. The predicted molar refractivity (Wildman–Crippen MR) is 76.2 cm³/mol. The molecule has 0 unspecified atom stereocenters. The highest BCUT2D eigenvalue weighted by Crippen LogP contribution is 2.56. The fraction of sp³-hybridized carbons (Fsp3) is 0.471. The van der Waals surface area contributed by atoms with Crippen LogP contribution in [-0.2, 0) is 23.8 Å². The molecule has 0 aliphatic carbocycles. The second kappa shape index (κ2) is 4.89. The molecule has 1 aromatic rings. The Bertz CT molecular complexity index is 684. The van der Waals surface area contributed by atoms with E-state index in [1.54, 1.807) is 31.2 Å². The van der Waals surface area contributed by atoms with Gasteiger partial charge in [0.05, 0.1) is 17.6 Å². The lowest BCUT2D eigenvalue weighted by atomic mass is 9.70. The Balaban J connectivity index is 1.58. The van der Waals surface area contributed by atoms with Gasteiger partial charge in [-0.2, -0.15) is 0 Å². The number of esters is 3. The van der Waals surface area contributed by atoms with Gasteiger partial charge >= 0.3 is 17.9 Å². The zero-order chi connectivity index (χ0) is 16.2. The molecule has 0 N–H and O–H groups in total. The zero-order valence-corrected chi connectivity index (χ0v) is 12.6. The van der Waals surface area contributed by atoms with Crippen molar-refractivity contribution in [1.29, 1.82) is 0 Å². The molecule has 120 valence electrons. The van der Waals surface area contributed by atoms with Gasteiger partial charge < -0.3 is 14.2 Å². The predicted octanol–water partition coefficient (Wildman–Crippen LogP) is 1.48. The first kappa shape index (κ1) is 14.4. The first-order valence-electron chi connectivity index (χ1n) is 7.72. The molecule has 6 nitrogen and oxygen atoms in total. The van der Waals surface area contributed by atoms with E-state index in [9.17, 15) is 14.4 Å². The highest BCUT2D eigenvalue weighted by Gasteiger charge is 2.71. The van der Waals surface area contributed by atoms with Crippen molar-refractivity contribution in [3.63, 3.8) is 0 Å². The average Bonchev–Trinajstić information content (AvgIpc) is 3.20. The topological polar surface area (TPSA) is 78.9 Å². The number of carbonyl (C=O) groups is 3. The Hall–Kier alpha value is -2.21. The van der Waals surface area contributed by atoms with E-state index in [1.165, 1.54) is 0 Å². The maximum absolute atomic E-state index is 12.3. The van der Waals surface area contributed by atoms with E-state index in [0.717, 1.165) is 0 Å². The van der Waals surface area contributed by atoms with Crippen LogP contribution in [0.25, 0.3) is 0 Å². The van der Waals surface area contributed by atoms with Crippen LogP contribution in [0.4, 0.5) is 0 Å². The summed E-state index contributed by atoms with van der Waals surface area (Å²) in [6, 6.07) is 8.64. The summed E-state index contributed by atoms with van der Waals surface area (Å²) in [6.45, 7) is 1.71. The van der Waals surface area contributed by atoms with Crippen LogP contribution >= 0.6 is 0 Å². The Kier molecular flexibility index (Phi) is 3.06. The van der Waals surface area contributed by atoms with Crippen molar-refractivity contribution < 1.29 is 28.6 Å². The van der Waals surface area contributed by atoms with Gasteiger partial charge in [-0.15, -0.1) is 0 Å². The van der Waals surface area contributed by atoms with Gasteiger partial charge in [0.15, 0.2) is 0 Å². The number of rotatable bonds is 3. The third-order valence-corrected chi connectivity index (χ3v) is 5.19. The molecule has 4 rings (SSSR count). The SMILES string of the molecule is C[C@@H](OC(=O)c1ccccc1)[C@]12CC[C@H](O1)[C@@H]1C(=O)OC(=O)[C@@H]12. The summed E-state index contributed by atoms with van der Waals surface area (Å²) in [4.78, 5) is 36.2. The van der Waals surface area contributed by atoms with Crippen LogP contribution in [0.5, 0.6) is 0 Å². The molecule has 3 fully saturated rings. The molecule has 0 spiro atoms. The fourth-order valence-electron chi connectivity index (χ4n) is 4.09. The smallest absolute Gasteiger partial charge is 0.338 e. The normalized spacial score (nSPS) is 35.8. The molecule has 0 saturated carbocycles. The Morgan fingerprint density at radius 2 is 2.00 bits per heavy atom. The molecule has 3 aliphatic heterocycles. The first-order valence-corrected chi connectivity index (χ1v) is 7.72. The van der Waals surface area contributed by atoms with E-state index in [2.05, 4.69) is 0 Å². The summed E-state index contributed by atoms with van der Waals surface area (Å²) >= 11 is 0. The molecule has 0 radical (unpaired) electrons. The van der Waals surface area contributed by atoms with E-state index in [0.29, 0.717) is 18.4 Å². The average molecular weight is 316 g/mol. The molecular formula is C17H16O6. The fourth-order valence-corrected chi connectivity index (χ4v) is 4.09. The molecule has 0 aromatic heterocycles. The molecule has 0 amide bonds. The van der Waals surface area contributed by atoms with Crippen molar-refractivity contribution in [3.05, 3.63) is 35.9 Å². The van der Waals surface area contributed by atoms with Crippen LogP contribution in [0.15, 0.2) is 30.3 Å². The molecule has 23 heavy (non-hydrogen) atoms. The second-order valence-corrected chi connectivity index (χ2v) is 6.31. The number of cyclic esters (lactones) is 2. The molecule has 3 saturated heterocycles. The summed E-state index contributed by atoms with van der Waals surface area (Å²) in [5.74, 6) is -2.79. The Morgan fingerprint density at radius 3 is 2.74 bits per heavy atom. The quantitative estimate of drug-likeness (QED) is 0.621. The van der Waals surface area contributed by atoms with Gasteiger partial charge in [-0.25, -0.2) is 4.79 Å². The maximum atomic E-state index is 12.3. The van der Waals surface area contributed by atoms with Crippen LogP contribution in [0.1, 0.15) is 30.1 Å². The number of carbonyl (C=O) groups excluding carboxylic acids is 3. The van der Waals surface area contributed by atoms with Crippen molar-refractivity contribution in [1.82, 2.24) is 0 Å². The van der Waals surface area contributed by atoms with Gasteiger partial charge in [0.2, 0.25) is 0 Å². The molecule has 3 heterocycles. The minimum atomic E-state index is -0.955. The first-order chi connectivity index (χ1) is 11.0. The van der Waals surface area contributed by atoms with Gasteiger partial charge in [-0.05, 0) is 31.9 Å². The van der Waals surface area contributed by atoms with Gasteiger partial charge in [0, 0.05) is 0 Å². The number of ether oxygens (including phenoxy) is 3. The second-order valence-electron chi connectivity index (χ2n) is 6.31. The monoisotopic (exact) mass is 316 g/mol. The van der Waals surface area contributed by atoms with Gasteiger partial charge in [0.1, 0.15) is 17.6 Å². The largest absolute Gasteiger partial charge is 0.456 e. The maximum Gasteiger partial charge on any atom is 0.338 e. The lowest BCUT2D eigenvalue weighted by Gasteiger charge is -2.34. The minimum Gasteiger partial charge on any atom is -0.456 e. The van der Waals surface area contributed by atoms with Crippen molar-refractivity contribution in [2.24, 2.45) is 11.8 Å². The van der Waals surface area contributed by atoms with Crippen LogP contribution in [0.2, 0.25) is 0 Å². The summed E-state index contributed by atoms with van der Waals surface area (Å²) < 4.78 is 16.3.